The Hall–Kier alpha value is -1.20. The largest absolute Gasteiger partial charge is 0.491 e. The summed E-state index contributed by atoms with van der Waals surface area (Å²) in [6.45, 7) is 7.42. The molecule has 1 amide bonds. The van der Waals surface area contributed by atoms with Gasteiger partial charge in [-0.25, -0.2) is 0 Å². The summed E-state index contributed by atoms with van der Waals surface area (Å²) in [7, 11) is 0. The second-order valence-electron chi connectivity index (χ2n) is 5.52. The Morgan fingerprint density at radius 2 is 1.95 bits per heavy atom. The van der Waals surface area contributed by atoms with Crippen molar-refractivity contribution in [2.24, 2.45) is 0 Å². The van der Waals surface area contributed by atoms with Gasteiger partial charge < -0.3 is 9.64 Å². The molecule has 21 heavy (non-hydrogen) atoms. The lowest BCUT2D eigenvalue weighted by Gasteiger charge is -2.14. The number of hydrogen-bond acceptors (Lipinski definition) is 4. The number of nitrogens with zero attached hydrogens (tertiary/aromatic N) is 1. The quantitative estimate of drug-likeness (QED) is 0.621. The number of likely N-dealkylation sites (tertiary alicyclic amines) is 1. The third kappa shape index (κ3) is 5.59. The minimum Gasteiger partial charge on any atom is -0.491 e. The molecule has 1 N–H and O–H groups in total. The molecular formula is C16H24N2O2S. The topological polar surface area (TPSA) is 41.6 Å². The average Bonchev–Trinajstić information content (AvgIpc) is 2.97. The highest BCUT2D eigenvalue weighted by molar-refractivity contribution is 7.97. The highest BCUT2D eigenvalue weighted by Crippen LogP contribution is 2.14. The van der Waals surface area contributed by atoms with Crippen molar-refractivity contribution in [3.8, 4) is 5.75 Å². The van der Waals surface area contributed by atoms with Crippen molar-refractivity contribution in [3.63, 3.8) is 0 Å². The fourth-order valence-electron chi connectivity index (χ4n) is 2.31. The fraction of sp³-hybridized carbons (Fsp3) is 0.562. The first-order valence-electron chi connectivity index (χ1n) is 7.56. The number of carbonyl (C=O) groups is 1. The second kappa shape index (κ2) is 8.29. The number of rotatable bonds is 7. The van der Waals surface area contributed by atoms with E-state index in [4.69, 9.17) is 4.74 Å². The summed E-state index contributed by atoms with van der Waals surface area (Å²) in [6, 6.07) is 7.27. The van der Waals surface area contributed by atoms with Crippen molar-refractivity contribution in [1.82, 2.24) is 9.62 Å². The van der Waals surface area contributed by atoms with Crippen LogP contribution in [0, 0.1) is 0 Å². The second-order valence-corrected chi connectivity index (χ2v) is 6.42. The highest BCUT2D eigenvalue weighted by Gasteiger charge is 2.11. The molecule has 1 fully saturated rings. The van der Waals surface area contributed by atoms with Crippen molar-refractivity contribution in [2.45, 2.75) is 32.8 Å². The van der Waals surface area contributed by atoms with E-state index in [1.807, 2.05) is 26.0 Å². The van der Waals surface area contributed by atoms with Crippen molar-refractivity contribution >= 4 is 17.9 Å². The van der Waals surface area contributed by atoms with Gasteiger partial charge in [0.25, 0.3) is 5.91 Å². The molecule has 1 aliphatic heterocycles. The van der Waals surface area contributed by atoms with Crippen molar-refractivity contribution in [3.05, 3.63) is 29.8 Å². The molecular weight excluding hydrogens is 284 g/mol. The number of ether oxygens (including phenoxy) is 1. The van der Waals surface area contributed by atoms with Crippen LogP contribution in [0.1, 0.15) is 37.0 Å². The number of nitrogens with one attached hydrogen (secondary N) is 1. The van der Waals surface area contributed by atoms with Crippen LogP contribution >= 0.6 is 11.9 Å². The smallest absolute Gasteiger partial charge is 0.261 e. The zero-order chi connectivity index (χ0) is 15.1. The van der Waals surface area contributed by atoms with Crippen molar-refractivity contribution < 1.29 is 9.53 Å². The summed E-state index contributed by atoms with van der Waals surface area (Å²) >= 11 is 1.49. The Labute approximate surface area is 131 Å². The summed E-state index contributed by atoms with van der Waals surface area (Å²) in [5.74, 6) is 1.68. The van der Waals surface area contributed by atoms with Crippen LogP contribution in [0.4, 0.5) is 0 Å². The molecule has 2 rings (SSSR count). The van der Waals surface area contributed by atoms with Crippen LogP contribution in [0.15, 0.2) is 24.3 Å². The molecule has 1 aromatic carbocycles. The lowest BCUT2D eigenvalue weighted by molar-refractivity contribution is 0.0984. The lowest BCUT2D eigenvalue weighted by Crippen LogP contribution is -2.24. The average molecular weight is 308 g/mol. The van der Waals surface area contributed by atoms with Crippen LogP contribution in [-0.2, 0) is 0 Å². The van der Waals surface area contributed by atoms with Crippen LogP contribution in [0.2, 0.25) is 0 Å². The van der Waals surface area contributed by atoms with E-state index in [1.165, 1.54) is 37.9 Å². The Balaban J connectivity index is 1.69. The van der Waals surface area contributed by atoms with Gasteiger partial charge in [0.2, 0.25) is 0 Å². The van der Waals surface area contributed by atoms with Crippen molar-refractivity contribution in [1.29, 1.82) is 0 Å². The maximum atomic E-state index is 12.0. The van der Waals surface area contributed by atoms with E-state index in [-0.39, 0.29) is 12.0 Å². The van der Waals surface area contributed by atoms with Crippen LogP contribution in [-0.4, -0.2) is 42.3 Å². The third-order valence-electron chi connectivity index (χ3n) is 3.36. The predicted octanol–water partition coefficient (Wildman–Crippen LogP) is 2.95. The SMILES string of the molecule is CC(C)Oc1ccc(C(=O)NSCCN2CCCC2)cc1. The summed E-state index contributed by atoms with van der Waals surface area (Å²) in [4.78, 5) is 14.4. The maximum absolute atomic E-state index is 12.0. The molecule has 1 saturated heterocycles. The predicted molar refractivity (Wildman–Crippen MR) is 87.8 cm³/mol. The van der Waals surface area contributed by atoms with E-state index < -0.39 is 0 Å². The molecule has 116 valence electrons. The lowest BCUT2D eigenvalue weighted by atomic mass is 10.2. The molecule has 1 aromatic rings. The molecule has 0 saturated carbocycles. The molecule has 1 aliphatic rings. The van der Waals surface area contributed by atoms with Crippen molar-refractivity contribution in [2.75, 3.05) is 25.4 Å². The monoisotopic (exact) mass is 308 g/mol. The molecule has 0 unspecified atom stereocenters. The zero-order valence-corrected chi connectivity index (χ0v) is 13.6. The van der Waals surface area contributed by atoms with Gasteiger partial charge in [0.05, 0.1) is 6.10 Å². The normalized spacial score (nSPS) is 15.4. The third-order valence-corrected chi connectivity index (χ3v) is 4.08. The fourth-order valence-corrected chi connectivity index (χ4v) is 3.01. The number of hydrogen-bond donors (Lipinski definition) is 1. The minimum atomic E-state index is -0.0440. The van der Waals surface area contributed by atoms with Gasteiger partial charge in [0.1, 0.15) is 5.75 Å². The number of benzene rings is 1. The van der Waals surface area contributed by atoms with E-state index in [0.29, 0.717) is 5.56 Å². The molecule has 4 nitrogen and oxygen atoms in total. The van der Waals surface area contributed by atoms with Crippen LogP contribution in [0.25, 0.3) is 0 Å². The van der Waals surface area contributed by atoms with E-state index in [0.717, 1.165) is 18.0 Å². The van der Waals surface area contributed by atoms with Gasteiger partial charge in [0.15, 0.2) is 0 Å². The summed E-state index contributed by atoms with van der Waals surface area (Å²) in [5.41, 5.74) is 0.666. The van der Waals surface area contributed by atoms with E-state index in [1.54, 1.807) is 12.1 Å². The van der Waals surface area contributed by atoms with Crippen LogP contribution < -0.4 is 9.46 Å². The van der Waals surface area contributed by atoms with E-state index >= 15 is 0 Å². The van der Waals surface area contributed by atoms with Gasteiger partial charge in [-0.1, -0.05) is 0 Å². The summed E-state index contributed by atoms with van der Waals surface area (Å²) in [5, 5.41) is 0. The standard InChI is InChI=1S/C16H24N2O2S/c1-13(2)20-15-7-5-14(6-8-15)16(19)17-21-12-11-18-9-3-4-10-18/h5-8,13H,3-4,9-12H2,1-2H3,(H,17,19). The Morgan fingerprint density at radius 3 is 2.57 bits per heavy atom. The zero-order valence-electron chi connectivity index (χ0n) is 12.8. The molecule has 0 bridgehead atoms. The summed E-state index contributed by atoms with van der Waals surface area (Å²) in [6.07, 6.45) is 2.76. The molecule has 0 spiro atoms. The van der Waals surface area contributed by atoms with Gasteiger partial charge >= 0.3 is 0 Å². The summed E-state index contributed by atoms with van der Waals surface area (Å²) < 4.78 is 8.46. The Bertz CT molecular complexity index is 442. The minimum absolute atomic E-state index is 0.0440. The molecule has 0 aliphatic carbocycles. The first-order chi connectivity index (χ1) is 10.1. The molecule has 1 heterocycles. The van der Waals surface area contributed by atoms with E-state index in [2.05, 4.69) is 9.62 Å². The molecule has 0 atom stereocenters. The van der Waals surface area contributed by atoms with Gasteiger partial charge in [0, 0.05) is 17.9 Å². The van der Waals surface area contributed by atoms with Gasteiger partial charge in [-0.3, -0.25) is 9.52 Å². The Kier molecular flexibility index (Phi) is 6.39. The highest BCUT2D eigenvalue weighted by atomic mass is 32.2. The Morgan fingerprint density at radius 1 is 1.29 bits per heavy atom. The molecule has 0 radical (unpaired) electrons. The molecule has 5 heteroatoms. The van der Waals surface area contributed by atoms with Gasteiger partial charge in [-0.2, -0.15) is 0 Å². The van der Waals surface area contributed by atoms with Crippen LogP contribution in [0.5, 0.6) is 5.75 Å². The first-order valence-corrected chi connectivity index (χ1v) is 8.55. The first kappa shape index (κ1) is 16.2. The van der Waals surface area contributed by atoms with Crippen LogP contribution in [0.3, 0.4) is 0 Å². The number of carbonyl (C=O) groups excluding carboxylic acids is 1. The van der Waals surface area contributed by atoms with Gasteiger partial charge in [-0.05, 0) is 76.0 Å². The van der Waals surface area contributed by atoms with E-state index in [9.17, 15) is 4.79 Å². The number of amides is 1. The maximum Gasteiger partial charge on any atom is 0.261 e. The molecule has 0 aromatic heterocycles. The van der Waals surface area contributed by atoms with Gasteiger partial charge in [-0.15, -0.1) is 0 Å².